The lowest BCUT2D eigenvalue weighted by molar-refractivity contribution is 0.0931. The number of benzene rings is 1. The van der Waals surface area contributed by atoms with Crippen LogP contribution in [-0.4, -0.2) is 24.5 Å². The first-order valence-electron chi connectivity index (χ1n) is 7.95. The number of nitrogens with one attached hydrogen (secondary N) is 2. The predicted molar refractivity (Wildman–Crippen MR) is 97.0 cm³/mol. The molecule has 1 heterocycles. The van der Waals surface area contributed by atoms with Crippen molar-refractivity contribution in [1.29, 1.82) is 0 Å². The molecule has 0 spiro atoms. The SMILES string of the molecule is COc1ccc(Nc2ccc(C)cc2)nc1C(=O)NCC(C)(C)C. The van der Waals surface area contributed by atoms with Crippen LogP contribution < -0.4 is 15.4 Å². The van der Waals surface area contributed by atoms with Gasteiger partial charge in [-0.1, -0.05) is 38.5 Å². The number of nitrogens with zero attached hydrogens (tertiary/aromatic N) is 1. The zero-order valence-corrected chi connectivity index (χ0v) is 14.9. The van der Waals surface area contributed by atoms with Crippen molar-refractivity contribution < 1.29 is 9.53 Å². The molecule has 2 aromatic rings. The standard InChI is InChI=1S/C19H25N3O2/c1-13-6-8-14(9-7-13)21-16-11-10-15(24-5)17(22-16)18(23)20-12-19(2,3)4/h6-11H,12H2,1-5H3,(H,20,23)(H,21,22). The maximum Gasteiger partial charge on any atom is 0.273 e. The number of ether oxygens (including phenoxy) is 1. The zero-order chi connectivity index (χ0) is 17.7. The smallest absolute Gasteiger partial charge is 0.273 e. The second kappa shape index (κ2) is 7.34. The van der Waals surface area contributed by atoms with Gasteiger partial charge in [0.15, 0.2) is 5.69 Å². The fourth-order valence-electron chi connectivity index (χ4n) is 2.06. The molecule has 0 aliphatic carbocycles. The molecule has 1 aromatic carbocycles. The number of methoxy groups -OCH3 is 1. The summed E-state index contributed by atoms with van der Waals surface area (Å²) in [7, 11) is 1.53. The van der Waals surface area contributed by atoms with Crippen molar-refractivity contribution >= 4 is 17.4 Å². The molecule has 0 aliphatic heterocycles. The number of pyridine rings is 1. The largest absolute Gasteiger partial charge is 0.494 e. The summed E-state index contributed by atoms with van der Waals surface area (Å²) in [5, 5.41) is 6.11. The molecule has 0 bridgehead atoms. The molecule has 0 saturated heterocycles. The van der Waals surface area contributed by atoms with E-state index >= 15 is 0 Å². The Balaban J connectivity index is 2.20. The van der Waals surface area contributed by atoms with E-state index in [1.54, 1.807) is 12.1 Å². The van der Waals surface area contributed by atoms with Crippen molar-refractivity contribution in [2.75, 3.05) is 19.0 Å². The van der Waals surface area contributed by atoms with Gasteiger partial charge in [0.2, 0.25) is 0 Å². The average Bonchev–Trinajstić information content (AvgIpc) is 2.54. The topological polar surface area (TPSA) is 63.2 Å². The Morgan fingerprint density at radius 3 is 2.38 bits per heavy atom. The minimum Gasteiger partial charge on any atom is -0.494 e. The van der Waals surface area contributed by atoms with Crippen LogP contribution in [0.3, 0.4) is 0 Å². The lowest BCUT2D eigenvalue weighted by Gasteiger charge is -2.19. The summed E-state index contributed by atoms with van der Waals surface area (Å²) in [6.45, 7) is 8.79. The molecule has 1 aromatic heterocycles. The van der Waals surface area contributed by atoms with E-state index in [4.69, 9.17) is 4.74 Å². The summed E-state index contributed by atoms with van der Waals surface area (Å²) in [5.74, 6) is 0.811. The number of carbonyl (C=O) groups excluding carboxylic acids is 1. The third-order valence-corrected chi connectivity index (χ3v) is 3.40. The van der Waals surface area contributed by atoms with Gasteiger partial charge >= 0.3 is 0 Å². The number of rotatable bonds is 5. The molecule has 2 rings (SSSR count). The van der Waals surface area contributed by atoms with E-state index < -0.39 is 0 Å². The third-order valence-electron chi connectivity index (χ3n) is 3.40. The number of amides is 1. The van der Waals surface area contributed by atoms with Crippen LogP contribution in [-0.2, 0) is 0 Å². The van der Waals surface area contributed by atoms with Gasteiger partial charge in [-0.15, -0.1) is 0 Å². The van der Waals surface area contributed by atoms with Crippen molar-refractivity contribution in [3.8, 4) is 5.75 Å². The van der Waals surface area contributed by atoms with Gasteiger partial charge in [-0.2, -0.15) is 0 Å². The molecule has 0 aliphatic rings. The Hall–Kier alpha value is -2.56. The van der Waals surface area contributed by atoms with Gasteiger partial charge in [-0.05, 0) is 36.6 Å². The van der Waals surface area contributed by atoms with E-state index in [0.717, 1.165) is 5.69 Å². The van der Waals surface area contributed by atoms with Gasteiger partial charge in [0, 0.05) is 12.2 Å². The molecule has 5 heteroatoms. The maximum atomic E-state index is 12.4. The van der Waals surface area contributed by atoms with Gasteiger partial charge in [0.1, 0.15) is 11.6 Å². The van der Waals surface area contributed by atoms with E-state index in [1.165, 1.54) is 12.7 Å². The summed E-state index contributed by atoms with van der Waals surface area (Å²) >= 11 is 0. The monoisotopic (exact) mass is 327 g/mol. The van der Waals surface area contributed by atoms with Gasteiger partial charge < -0.3 is 15.4 Å². The second-order valence-electron chi connectivity index (χ2n) is 6.98. The number of anilines is 2. The number of aromatic nitrogens is 1. The molecule has 0 atom stereocenters. The van der Waals surface area contributed by atoms with E-state index in [1.807, 2.05) is 31.2 Å². The summed E-state index contributed by atoms with van der Waals surface area (Å²) in [6, 6.07) is 11.5. The highest BCUT2D eigenvalue weighted by Gasteiger charge is 2.18. The molecule has 0 radical (unpaired) electrons. The summed E-state index contributed by atoms with van der Waals surface area (Å²) < 4.78 is 5.27. The average molecular weight is 327 g/mol. The van der Waals surface area contributed by atoms with Gasteiger partial charge in [-0.3, -0.25) is 4.79 Å². The first-order chi connectivity index (χ1) is 11.3. The minimum absolute atomic E-state index is 0.000649. The van der Waals surface area contributed by atoms with Gasteiger partial charge in [0.25, 0.3) is 5.91 Å². The molecule has 0 unspecified atom stereocenters. The van der Waals surface area contributed by atoms with Crippen molar-refractivity contribution in [2.45, 2.75) is 27.7 Å². The number of carbonyl (C=O) groups is 1. The van der Waals surface area contributed by atoms with E-state index in [-0.39, 0.29) is 17.0 Å². The molecular formula is C19H25N3O2. The number of aryl methyl sites for hydroxylation is 1. The molecular weight excluding hydrogens is 302 g/mol. The van der Waals surface area contributed by atoms with Crippen LogP contribution in [0.1, 0.15) is 36.8 Å². The number of hydrogen-bond acceptors (Lipinski definition) is 4. The number of hydrogen-bond donors (Lipinski definition) is 2. The van der Waals surface area contributed by atoms with Crippen LogP contribution in [0.15, 0.2) is 36.4 Å². The zero-order valence-electron chi connectivity index (χ0n) is 14.9. The molecule has 0 saturated carbocycles. The normalized spacial score (nSPS) is 11.0. The Morgan fingerprint density at radius 2 is 1.79 bits per heavy atom. The molecule has 128 valence electrons. The lowest BCUT2D eigenvalue weighted by Crippen LogP contribution is -2.33. The van der Waals surface area contributed by atoms with Crippen LogP contribution in [0.5, 0.6) is 5.75 Å². The second-order valence-corrected chi connectivity index (χ2v) is 6.98. The maximum absolute atomic E-state index is 12.4. The Morgan fingerprint density at radius 1 is 1.12 bits per heavy atom. The van der Waals surface area contributed by atoms with E-state index in [9.17, 15) is 4.79 Å². The van der Waals surface area contributed by atoms with Crippen molar-refractivity contribution in [3.05, 3.63) is 47.7 Å². The highest BCUT2D eigenvalue weighted by atomic mass is 16.5. The van der Waals surface area contributed by atoms with Gasteiger partial charge in [-0.25, -0.2) is 4.98 Å². The molecule has 5 nitrogen and oxygen atoms in total. The van der Waals surface area contributed by atoms with Crippen LogP contribution in [0.25, 0.3) is 0 Å². The highest BCUT2D eigenvalue weighted by Crippen LogP contribution is 2.22. The Kier molecular flexibility index (Phi) is 5.44. The van der Waals surface area contributed by atoms with E-state index in [0.29, 0.717) is 18.1 Å². The van der Waals surface area contributed by atoms with Crippen molar-refractivity contribution in [3.63, 3.8) is 0 Å². The molecule has 1 amide bonds. The van der Waals surface area contributed by atoms with E-state index in [2.05, 4.69) is 36.4 Å². The van der Waals surface area contributed by atoms with Crippen LogP contribution in [0, 0.1) is 12.3 Å². The Bertz CT molecular complexity index is 704. The van der Waals surface area contributed by atoms with Crippen LogP contribution in [0.4, 0.5) is 11.5 Å². The van der Waals surface area contributed by atoms with Gasteiger partial charge in [0.05, 0.1) is 7.11 Å². The Labute approximate surface area is 143 Å². The van der Waals surface area contributed by atoms with Crippen molar-refractivity contribution in [2.24, 2.45) is 5.41 Å². The predicted octanol–water partition coefficient (Wildman–Crippen LogP) is 3.92. The first-order valence-corrected chi connectivity index (χ1v) is 7.95. The van der Waals surface area contributed by atoms with Crippen LogP contribution in [0.2, 0.25) is 0 Å². The summed E-state index contributed by atoms with van der Waals surface area (Å²) in [4.78, 5) is 16.9. The molecule has 0 fully saturated rings. The highest BCUT2D eigenvalue weighted by molar-refractivity contribution is 5.95. The third kappa shape index (κ3) is 4.98. The molecule has 24 heavy (non-hydrogen) atoms. The quantitative estimate of drug-likeness (QED) is 0.874. The fourth-order valence-corrected chi connectivity index (χ4v) is 2.06. The molecule has 2 N–H and O–H groups in total. The van der Waals surface area contributed by atoms with Crippen LogP contribution >= 0.6 is 0 Å². The fraction of sp³-hybridized carbons (Fsp3) is 0.368. The minimum atomic E-state index is -0.241. The summed E-state index contributed by atoms with van der Waals surface area (Å²) in [5.41, 5.74) is 2.38. The first kappa shape index (κ1) is 17.8. The van der Waals surface area contributed by atoms with Crippen molar-refractivity contribution in [1.82, 2.24) is 10.3 Å². The lowest BCUT2D eigenvalue weighted by atomic mass is 9.97. The summed E-state index contributed by atoms with van der Waals surface area (Å²) in [6.07, 6.45) is 0.